The van der Waals surface area contributed by atoms with Crippen molar-refractivity contribution in [2.24, 2.45) is 10.8 Å². The number of nitrogens with zero attached hydrogens (tertiary/aromatic N) is 2. The summed E-state index contributed by atoms with van der Waals surface area (Å²) in [4.78, 5) is 55.9. The second-order valence-electron chi connectivity index (χ2n) is 15.9. The largest absolute Gasteiger partial charge is 0.353 e. The van der Waals surface area contributed by atoms with Crippen LogP contribution in [0.4, 0.5) is 13.6 Å². The Labute approximate surface area is 312 Å². The van der Waals surface area contributed by atoms with E-state index in [4.69, 9.17) is 0 Å². The summed E-state index contributed by atoms with van der Waals surface area (Å²) in [6, 6.07) is 13.8. The minimum atomic E-state index is -3.53. The Morgan fingerprint density at radius 1 is 0.868 bits per heavy atom. The van der Waals surface area contributed by atoms with Gasteiger partial charge in [-0.2, -0.15) is 0 Å². The molecule has 1 heterocycles. The molecule has 2 aromatic rings. The fourth-order valence-corrected chi connectivity index (χ4v) is 6.60. The molecular formula is C38H56F2N6O6S. The number of carbonyl (C=O) groups is 4. The highest BCUT2D eigenvalue weighted by Crippen LogP contribution is 2.27. The van der Waals surface area contributed by atoms with Gasteiger partial charge in [0.1, 0.15) is 18.1 Å². The highest BCUT2D eigenvalue weighted by Gasteiger charge is 2.43. The van der Waals surface area contributed by atoms with Crippen LogP contribution in [-0.4, -0.2) is 105 Å². The number of benzene rings is 2. The zero-order valence-electron chi connectivity index (χ0n) is 32.0. The van der Waals surface area contributed by atoms with E-state index in [0.29, 0.717) is 6.42 Å². The SMILES string of the molecule is CN(C[C@@H](NC(=O)N[C@H](C(=O)N1CCC[C@H]1C(=O)N[C@@H](CC(F)F)C(=O)NCC(c1ccccc1)c1ccccc1)C(C)(C)C)C(C)(C)C)S(C)(=O)=O. The van der Waals surface area contributed by atoms with Crippen LogP contribution in [0.3, 0.4) is 0 Å². The summed E-state index contributed by atoms with van der Waals surface area (Å²) in [6.45, 7) is 11.1. The van der Waals surface area contributed by atoms with Gasteiger partial charge in [0.25, 0.3) is 0 Å². The summed E-state index contributed by atoms with van der Waals surface area (Å²) >= 11 is 0. The monoisotopic (exact) mass is 762 g/mol. The quantitative estimate of drug-likeness (QED) is 0.214. The van der Waals surface area contributed by atoms with Crippen molar-refractivity contribution in [1.82, 2.24) is 30.5 Å². The van der Waals surface area contributed by atoms with E-state index in [9.17, 15) is 36.4 Å². The lowest BCUT2D eigenvalue weighted by atomic mass is 9.85. The fourth-order valence-electron chi connectivity index (χ4n) is 6.18. The van der Waals surface area contributed by atoms with E-state index in [1.165, 1.54) is 11.9 Å². The van der Waals surface area contributed by atoms with Gasteiger partial charge in [0.05, 0.1) is 6.26 Å². The highest BCUT2D eigenvalue weighted by molar-refractivity contribution is 7.88. The third-order valence-electron chi connectivity index (χ3n) is 9.51. The van der Waals surface area contributed by atoms with E-state index in [2.05, 4.69) is 21.3 Å². The third kappa shape index (κ3) is 12.8. The number of rotatable bonds is 15. The minimum Gasteiger partial charge on any atom is -0.353 e. The molecule has 12 nitrogen and oxygen atoms in total. The average molecular weight is 763 g/mol. The second-order valence-corrected chi connectivity index (χ2v) is 18.0. The molecule has 1 saturated heterocycles. The molecule has 0 radical (unpaired) electrons. The maximum absolute atomic E-state index is 14.1. The Morgan fingerprint density at radius 3 is 1.89 bits per heavy atom. The molecule has 1 aliphatic heterocycles. The molecule has 0 spiro atoms. The van der Waals surface area contributed by atoms with Crippen LogP contribution in [0.15, 0.2) is 60.7 Å². The van der Waals surface area contributed by atoms with Crippen LogP contribution in [0.25, 0.3) is 0 Å². The number of urea groups is 1. The molecule has 3 rings (SSSR count). The molecule has 4 atom stereocenters. The normalized spacial score (nSPS) is 17.0. The zero-order valence-corrected chi connectivity index (χ0v) is 32.8. The van der Waals surface area contributed by atoms with E-state index in [1.807, 2.05) is 81.4 Å². The molecule has 53 heavy (non-hydrogen) atoms. The molecule has 1 fully saturated rings. The summed E-state index contributed by atoms with van der Waals surface area (Å²) in [6.07, 6.45) is -2.07. The van der Waals surface area contributed by atoms with Gasteiger partial charge in [-0.25, -0.2) is 26.3 Å². The lowest BCUT2D eigenvalue weighted by molar-refractivity contribution is -0.142. The van der Waals surface area contributed by atoms with Gasteiger partial charge in [0, 0.05) is 45.1 Å². The van der Waals surface area contributed by atoms with Crippen molar-refractivity contribution in [2.45, 2.75) is 97.3 Å². The number of carbonyl (C=O) groups excluding carboxylic acids is 4. The van der Waals surface area contributed by atoms with Crippen molar-refractivity contribution in [3.05, 3.63) is 71.8 Å². The molecule has 0 aliphatic carbocycles. The van der Waals surface area contributed by atoms with Crippen LogP contribution in [-0.2, 0) is 24.4 Å². The summed E-state index contributed by atoms with van der Waals surface area (Å²) in [5, 5.41) is 10.8. The predicted molar refractivity (Wildman–Crippen MR) is 201 cm³/mol. The number of hydrogen-bond donors (Lipinski definition) is 4. The molecule has 294 valence electrons. The second kappa shape index (κ2) is 18.3. The van der Waals surface area contributed by atoms with Crippen LogP contribution in [0.5, 0.6) is 0 Å². The van der Waals surface area contributed by atoms with Crippen molar-refractivity contribution < 1.29 is 36.4 Å². The van der Waals surface area contributed by atoms with Gasteiger partial charge < -0.3 is 26.2 Å². The highest BCUT2D eigenvalue weighted by atomic mass is 32.2. The maximum atomic E-state index is 14.1. The first-order valence-electron chi connectivity index (χ1n) is 17.8. The predicted octanol–water partition coefficient (Wildman–Crippen LogP) is 4.09. The standard InChI is InChI=1S/C38H56F2N6O6S/c1-37(2,3)30(24-45(7)53(8,51)52)43-36(50)44-32(38(4,5)6)35(49)46-21-15-20-29(46)34(48)42-28(22-31(39)40)33(47)41-23-27(25-16-11-9-12-17-25)26-18-13-10-14-19-26/h9-14,16-19,27-32H,15,20-24H2,1-8H3,(H,41,47)(H,42,48)(H2,43,44,50)/t28-,29-,30+,32+/m0/s1. The molecule has 0 bridgehead atoms. The Morgan fingerprint density at radius 2 is 1.42 bits per heavy atom. The van der Waals surface area contributed by atoms with Crippen LogP contribution >= 0.6 is 0 Å². The van der Waals surface area contributed by atoms with Gasteiger partial charge in [0.2, 0.25) is 34.2 Å². The molecular weight excluding hydrogens is 707 g/mol. The molecule has 1 aliphatic rings. The number of alkyl halides is 2. The van der Waals surface area contributed by atoms with Crippen molar-refractivity contribution in [3.8, 4) is 0 Å². The number of amides is 5. The number of halogens is 2. The van der Waals surface area contributed by atoms with E-state index < -0.39 is 81.6 Å². The first-order chi connectivity index (χ1) is 24.6. The van der Waals surface area contributed by atoms with Crippen molar-refractivity contribution in [3.63, 3.8) is 0 Å². The van der Waals surface area contributed by atoms with E-state index >= 15 is 0 Å². The minimum absolute atomic E-state index is 0.00914. The summed E-state index contributed by atoms with van der Waals surface area (Å²) in [5.41, 5.74) is 0.449. The number of hydrogen-bond acceptors (Lipinski definition) is 6. The molecule has 0 saturated carbocycles. The van der Waals surface area contributed by atoms with Gasteiger partial charge in [-0.1, -0.05) is 102 Å². The fraction of sp³-hybridized carbons (Fsp3) is 0.579. The molecule has 0 aromatic heterocycles. The van der Waals surface area contributed by atoms with Crippen LogP contribution in [0.2, 0.25) is 0 Å². The van der Waals surface area contributed by atoms with Crippen molar-refractivity contribution in [1.29, 1.82) is 0 Å². The Kier molecular flexibility index (Phi) is 14.9. The molecule has 0 unspecified atom stereocenters. The molecule has 4 N–H and O–H groups in total. The Balaban J connectivity index is 1.75. The first-order valence-corrected chi connectivity index (χ1v) is 19.7. The number of nitrogens with one attached hydrogen (secondary N) is 4. The summed E-state index contributed by atoms with van der Waals surface area (Å²) < 4.78 is 52.9. The Hall–Kier alpha value is -4.11. The molecule has 15 heteroatoms. The number of likely N-dealkylation sites (N-methyl/N-ethyl adjacent to an activating group) is 1. The van der Waals surface area contributed by atoms with Gasteiger partial charge >= 0.3 is 6.03 Å². The molecule has 5 amide bonds. The third-order valence-corrected chi connectivity index (χ3v) is 10.8. The van der Waals surface area contributed by atoms with Gasteiger partial charge in [-0.15, -0.1) is 0 Å². The lowest BCUT2D eigenvalue weighted by Crippen LogP contribution is -2.62. The van der Waals surface area contributed by atoms with Gasteiger partial charge in [-0.05, 0) is 34.8 Å². The van der Waals surface area contributed by atoms with Crippen LogP contribution in [0.1, 0.15) is 77.8 Å². The number of likely N-dealkylation sites (tertiary alicyclic amines) is 1. The topological polar surface area (TPSA) is 157 Å². The van der Waals surface area contributed by atoms with Crippen molar-refractivity contribution >= 4 is 33.8 Å². The first kappa shape index (κ1) is 43.3. The summed E-state index contributed by atoms with van der Waals surface area (Å²) in [5.74, 6) is -2.33. The van der Waals surface area contributed by atoms with E-state index in [-0.39, 0.29) is 32.0 Å². The molecule has 2 aromatic carbocycles. The maximum Gasteiger partial charge on any atom is 0.315 e. The lowest BCUT2D eigenvalue weighted by Gasteiger charge is -2.37. The van der Waals surface area contributed by atoms with Gasteiger partial charge in [0.15, 0.2) is 0 Å². The summed E-state index contributed by atoms with van der Waals surface area (Å²) in [7, 11) is -2.12. The van der Waals surface area contributed by atoms with E-state index in [1.54, 1.807) is 20.8 Å². The zero-order chi connectivity index (χ0) is 39.7. The average Bonchev–Trinajstić information content (AvgIpc) is 3.56. The van der Waals surface area contributed by atoms with Crippen LogP contribution < -0.4 is 21.3 Å². The number of sulfonamides is 1. The van der Waals surface area contributed by atoms with Crippen LogP contribution in [0, 0.1) is 10.8 Å². The Bertz CT molecular complexity index is 1610. The van der Waals surface area contributed by atoms with Gasteiger partial charge in [-0.3, -0.25) is 14.4 Å². The smallest absolute Gasteiger partial charge is 0.315 e. The van der Waals surface area contributed by atoms with E-state index in [0.717, 1.165) is 21.7 Å². The van der Waals surface area contributed by atoms with Crippen molar-refractivity contribution in [2.75, 3.05) is 32.9 Å².